The number of ether oxygens (including phenoxy) is 4. The van der Waals surface area contributed by atoms with E-state index < -0.39 is 0 Å². The highest BCUT2D eigenvalue weighted by Gasteiger charge is 2.35. The highest BCUT2D eigenvalue weighted by atomic mass is 16.5. The molecule has 1 heterocycles. The fraction of sp³-hybridized carbons (Fsp3) is 0.200. The highest BCUT2D eigenvalue weighted by Crippen LogP contribution is 2.46. The van der Waals surface area contributed by atoms with Gasteiger partial charge in [0, 0.05) is 22.6 Å². The van der Waals surface area contributed by atoms with Gasteiger partial charge in [-0.05, 0) is 61.0 Å². The molecule has 0 spiro atoms. The van der Waals surface area contributed by atoms with Crippen LogP contribution in [0.1, 0.15) is 23.6 Å². The second-order valence-corrected chi connectivity index (χ2v) is 7.13. The van der Waals surface area contributed by atoms with Crippen LogP contribution in [0, 0.1) is 0 Å². The van der Waals surface area contributed by atoms with Gasteiger partial charge in [0.25, 0.3) is 0 Å². The van der Waals surface area contributed by atoms with Crippen LogP contribution in [0.15, 0.2) is 72.8 Å². The lowest BCUT2D eigenvalue weighted by Gasteiger charge is -2.34. The van der Waals surface area contributed by atoms with Crippen molar-refractivity contribution in [3.8, 4) is 23.0 Å². The summed E-state index contributed by atoms with van der Waals surface area (Å²) < 4.78 is 22.4. The van der Waals surface area contributed by atoms with Gasteiger partial charge in [-0.1, -0.05) is 18.2 Å². The summed E-state index contributed by atoms with van der Waals surface area (Å²) >= 11 is 0. The molecule has 0 fully saturated rings. The number of methoxy groups -OCH3 is 3. The van der Waals surface area contributed by atoms with Gasteiger partial charge in [-0.25, -0.2) is 0 Å². The van der Waals surface area contributed by atoms with Crippen LogP contribution in [-0.2, 0) is 5.41 Å². The number of fused-ring (bicyclic) bond motifs is 1. The average Bonchev–Trinajstić information content (AvgIpc) is 2.78. The Balaban J connectivity index is 1.86. The fourth-order valence-electron chi connectivity index (χ4n) is 3.70. The first kappa shape index (κ1) is 18.9. The molecule has 29 heavy (non-hydrogen) atoms. The molecule has 1 aliphatic heterocycles. The second kappa shape index (κ2) is 7.55. The highest BCUT2D eigenvalue weighted by molar-refractivity contribution is 5.71. The monoisotopic (exact) mass is 388 g/mol. The molecule has 0 saturated heterocycles. The Morgan fingerprint density at radius 3 is 1.83 bits per heavy atom. The Labute approximate surface area is 171 Å². The Bertz CT molecular complexity index is 1040. The van der Waals surface area contributed by atoms with Crippen LogP contribution in [0.5, 0.6) is 23.0 Å². The Hall–Kier alpha value is -3.40. The molecular formula is C25H24O4. The van der Waals surface area contributed by atoms with E-state index in [9.17, 15) is 0 Å². The molecule has 0 saturated carbocycles. The van der Waals surface area contributed by atoms with Crippen molar-refractivity contribution in [2.24, 2.45) is 0 Å². The minimum absolute atomic E-state index is 0.374. The third kappa shape index (κ3) is 3.42. The van der Waals surface area contributed by atoms with Crippen LogP contribution >= 0.6 is 0 Å². The third-order valence-electron chi connectivity index (χ3n) is 5.45. The number of hydrogen-bond donors (Lipinski definition) is 0. The van der Waals surface area contributed by atoms with Crippen LogP contribution in [0.2, 0.25) is 0 Å². The maximum Gasteiger partial charge on any atom is 0.135 e. The van der Waals surface area contributed by atoms with Crippen LogP contribution in [-0.4, -0.2) is 21.3 Å². The summed E-state index contributed by atoms with van der Waals surface area (Å²) in [5, 5.41) is 0. The van der Waals surface area contributed by atoms with Gasteiger partial charge in [0.05, 0.1) is 21.3 Å². The lowest BCUT2D eigenvalue weighted by molar-refractivity contribution is 0.406. The van der Waals surface area contributed by atoms with Gasteiger partial charge in [-0.2, -0.15) is 0 Å². The van der Waals surface area contributed by atoms with E-state index in [1.807, 2.05) is 48.5 Å². The Morgan fingerprint density at radius 1 is 0.690 bits per heavy atom. The van der Waals surface area contributed by atoms with Crippen LogP contribution < -0.4 is 18.9 Å². The quantitative estimate of drug-likeness (QED) is 0.582. The first-order chi connectivity index (χ1) is 14.1. The molecule has 1 atom stereocenters. The molecule has 0 radical (unpaired) electrons. The SMILES string of the molecule is COc1ccc(C2=C[C@@](C)(c3ccc(OC)cc3)c3ccc(OC)cc3O2)cc1. The largest absolute Gasteiger partial charge is 0.497 e. The van der Waals surface area contributed by atoms with Crippen LogP contribution in [0.4, 0.5) is 0 Å². The standard InChI is InChI=1S/C25H24O4/c1-25(18-7-11-20(27-3)12-8-18)16-24(17-5-9-19(26-2)10-6-17)29-23-15-21(28-4)13-14-22(23)25/h5-16H,1-4H3/t25-/m0/s1. The number of benzene rings is 3. The summed E-state index contributed by atoms with van der Waals surface area (Å²) in [7, 11) is 5.00. The van der Waals surface area contributed by atoms with Crippen molar-refractivity contribution in [3.63, 3.8) is 0 Å². The zero-order valence-corrected chi connectivity index (χ0v) is 17.1. The van der Waals surface area contributed by atoms with E-state index in [4.69, 9.17) is 18.9 Å². The third-order valence-corrected chi connectivity index (χ3v) is 5.45. The maximum atomic E-state index is 6.31. The van der Waals surface area contributed by atoms with E-state index in [1.165, 1.54) is 0 Å². The zero-order valence-electron chi connectivity index (χ0n) is 17.1. The topological polar surface area (TPSA) is 36.9 Å². The zero-order chi connectivity index (χ0) is 20.4. The van der Waals surface area contributed by atoms with E-state index >= 15 is 0 Å². The molecule has 0 bridgehead atoms. The van der Waals surface area contributed by atoms with Gasteiger partial charge >= 0.3 is 0 Å². The summed E-state index contributed by atoms with van der Waals surface area (Å²) in [5.74, 6) is 3.99. The molecule has 0 unspecified atom stereocenters. The van der Waals surface area contributed by atoms with Crippen molar-refractivity contribution in [2.45, 2.75) is 12.3 Å². The van der Waals surface area contributed by atoms with Gasteiger partial charge in [0.2, 0.25) is 0 Å². The molecule has 3 aromatic rings. The lowest BCUT2D eigenvalue weighted by Crippen LogP contribution is -2.26. The van der Waals surface area contributed by atoms with Gasteiger partial charge in [-0.3, -0.25) is 0 Å². The number of hydrogen-bond acceptors (Lipinski definition) is 4. The van der Waals surface area contributed by atoms with E-state index in [-0.39, 0.29) is 5.41 Å². The predicted molar refractivity (Wildman–Crippen MR) is 114 cm³/mol. The first-order valence-corrected chi connectivity index (χ1v) is 9.45. The lowest BCUT2D eigenvalue weighted by atomic mass is 9.74. The molecule has 3 aromatic carbocycles. The molecular weight excluding hydrogens is 364 g/mol. The van der Waals surface area contributed by atoms with Gasteiger partial charge in [0.15, 0.2) is 0 Å². The predicted octanol–water partition coefficient (Wildman–Crippen LogP) is 5.45. The molecule has 0 N–H and O–H groups in total. The normalized spacial score (nSPS) is 17.6. The minimum Gasteiger partial charge on any atom is -0.497 e. The van der Waals surface area contributed by atoms with Crippen molar-refractivity contribution in [1.29, 1.82) is 0 Å². The molecule has 1 aliphatic rings. The van der Waals surface area contributed by atoms with Crippen molar-refractivity contribution in [2.75, 3.05) is 21.3 Å². The molecule has 4 rings (SSSR count). The first-order valence-electron chi connectivity index (χ1n) is 9.45. The molecule has 4 nitrogen and oxygen atoms in total. The molecule has 0 aromatic heterocycles. The molecule has 148 valence electrons. The van der Waals surface area contributed by atoms with Crippen molar-refractivity contribution >= 4 is 5.76 Å². The van der Waals surface area contributed by atoms with Crippen LogP contribution in [0.25, 0.3) is 5.76 Å². The Kier molecular flexibility index (Phi) is 4.93. The number of rotatable bonds is 5. The van der Waals surface area contributed by atoms with Gasteiger partial charge < -0.3 is 18.9 Å². The van der Waals surface area contributed by atoms with E-state index in [1.54, 1.807) is 21.3 Å². The fourth-order valence-corrected chi connectivity index (χ4v) is 3.70. The summed E-state index contributed by atoms with van der Waals surface area (Å²) in [6.07, 6.45) is 2.17. The summed E-state index contributed by atoms with van der Waals surface area (Å²) in [4.78, 5) is 0. The number of allylic oxidation sites excluding steroid dienone is 1. The van der Waals surface area contributed by atoms with E-state index in [0.717, 1.165) is 45.4 Å². The summed E-state index contributed by atoms with van der Waals surface area (Å²) in [5.41, 5.74) is 2.85. The van der Waals surface area contributed by atoms with E-state index in [0.29, 0.717) is 0 Å². The van der Waals surface area contributed by atoms with Crippen molar-refractivity contribution in [1.82, 2.24) is 0 Å². The van der Waals surface area contributed by atoms with Gasteiger partial charge in [0.1, 0.15) is 28.8 Å². The van der Waals surface area contributed by atoms with Crippen molar-refractivity contribution < 1.29 is 18.9 Å². The maximum absolute atomic E-state index is 6.31. The Morgan fingerprint density at radius 2 is 1.24 bits per heavy atom. The minimum atomic E-state index is -0.374. The molecule has 0 amide bonds. The second-order valence-electron chi connectivity index (χ2n) is 7.13. The molecule has 0 aliphatic carbocycles. The van der Waals surface area contributed by atoms with E-state index in [2.05, 4.69) is 31.2 Å². The van der Waals surface area contributed by atoms with Gasteiger partial charge in [-0.15, -0.1) is 0 Å². The summed E-state index contributed by atoms with van der Waals surface area (Å²) in [6.45, 7) is 2.20. The van der Waals surface area contributed by atoms with Crippen LogP contribution in [0.3, 0.4) is 0 Å². The summed E-state index contributed by atoms with van der Waals surface area (Å²) in [6, 6.07) is 22.0. The smallest absolute Gasteiger partial charge is 0.135 e. The van der Waals surface area contributed by atoms with Crippen molar-refractivity contribution in [3.05, 3.63) is 89.5 Å². The average molecular weight is 388 g/mol. The molecule has 4 heteroatoms.